The van der Waals surface area contributed by atoms with E-state index in [1.165, 1.54) is 29.2 Å². The summed E-state index contributed by atoms with van der Waals surface area (Å²) in [6.45, 7) is 8.54. The van der Waals surface area contributed by atoms with Gasteiger partial charge in [-0.05, 0) is 99.0 Å². The molecular formula is C51H43NO8. The van der Waals surface area contributed by atoms with E-state index in [1.807, 2.05) is 60.7 Å². The molecule has 2 unspecified atom stereocenters. The third-order valence-electron chi connectivity index (χ3n) is 12.2. The van der Waals surface area contributed by atoms with Crippen LogP contribution in [0.4, 0.5) is 17.1 Å². The highest BCUT2D eigenvalue weighted by molar-refractivity contribution is 5.93. The zero-order valence-corrected chi connectivity index (χ0v) is 33.2. The number of hydrogen-bond acceptors (Lipinski definition) is 9. The second-order valence-electron chi connectivity index (χ2n) is 15.8. The van der Waals surface area contributed by atoms with Crippen LogP contribution in [-0.2, 0) is 10.8 Å². The van der Waals surface area contributed by atoms with Crippen molar-refractivity contribution in [2.45, 2.75) is 37.7 Å². The van der Waals surface area contributed by atoms with Crippen molar-refractivity contribution in [2.75, 3.05) is 11.5 Å². The summed E-state index contributed by atoms with van der Waals surface area (Å²) in [5.41, 5.74) is 9.62. The molecule has 1 aromatic heterocycles. The number of nitrogens with zero attached hydrogens (tertiary/aromatic N) is 1. The summed E-state index contributed by atoms with van der Waals surface area (Å²) in [7, 11) is 0. The van der Waals surface area contributed by atoms with Gasteiger partial charge >= 0.3 is 0 Å². The fraction of sp³-hybridized carbons (Fsp3) is 0.137. The zero-order chi connectivity index (χ0) is 42.1. The molecule has 6 aromatic carbocycles. The van der Waals surface area contributed by atoms with Gasteiger partial charge in [0.15, 0.2) is 17.3 Å². The number of aliphatic hydroxyl groups is 6. The quantitative estimate of drug-likeness (QED) is 0.0477. The summed E-state index contributed by atoms with van der Waals surface area (Å²) < 4.78 is 10.6. The standard InChI is InChI=1S/C51H43NO8/c1-29(54)45(56)46(57)49(58)51(43(28-53)48-47(30(2)55)59-60-48)41-20-11-9-15-36(41)38-26-25-34(27-42(38)51)52(32-13-6-5-7-14-32)33-23-21-31(22-24-33)35-17-12-18-39-37-16-8-10-19-40(37)50(3,4)44(35)39/h5-27,49,53-58H,1,28H2,2-4H3/b46-45-,47-30-,48-43-. The lowest BCUT2D eigenvalue weighted by atomic mass is 9.67. The summed E-state index contributed by atoms with van der Waals surface area (Å²) in [6, 6.07) is 46.2. The summed E-state index contributed by atoms with van der Waals surface area (Å²) in [6.07, 6.45) is -2.04. The Hall–Kier alpha value is -7.20. The van der Waals surface area contributed by atoms with Crippen molar-refractivity contribution in [3.63, 3.8) is 0 Å². The van der Waals surface area contributed by atoms with Crippen LogP contribution in [0.25, 0.3) is 44.7 Å². The van der Waals surface area contributed by atoms with E-state index in [9.17, 15) is 30.6 Å². The number of para-hydroxylation sites is 1. The summed E-state index contributed by atoms with van der Waals surface area (Å²) in [4.78, 5) is 2.07. The number of anilines is 3. The number of rotatable bonds is 9. The Morgan fingerprint density at radius 3 is 1.80 bits per heavy atom. The van der Waals surface area contributed by atoms with Crippen molar-refractivity contribution < 1.29 is 39.8 Å². The molecule has 0 saturated heterocycles. The largest absolute Gasteiger partial charge is 0.508 e. The van der Waals surface area contributed by atoms with Crippen LogP contribution >= 0.6 is 0 Å². The van der Waals surface area contributed by atoms with Gasteiger partial charge in [-0.1, -0.05) is 124 Å². The molecule has 0 saturated carbocycles. The van der Waals surface area contributed by atoms with Crippen LogP contribution in [0.15, 0.2) is 173 Å². The van der Waals surface area contributed by atoms with E-state index in [1.54, 1.807) is 12.1 Å². The van der Waals surface area contributed by atoms with Crippen molar-refractivity contribution in [3.05, 3.63) is 196 Å². The van der Waals surface area contributed by atoms with Gasteiger partial charge in [0.05, 0.1) is 12.0 Å². The minimum absolute atomic E-state index is 0.0204. The van der Waals surface area contributed by atoms with E-state index in [0.717, 1.165) is 22.5 Å². The third-order valence-corrected chi connectivity index (χ3v) is 12.2. The van der Waals surface area contributed by atoms with E-state index in [0.29, 0.717) is 27.9 Å². The van der Waals surface area contributed by atoms with Crippen molar-refractivity contribution in [3.8, 4) is 33.4 Å². The molecule has 60 heavy (non-hydrogen) atoms. The molecular weight excluding hydrogens is 755 g/mol. The molecule has 2 aliphatic rings. The number of fused-ring (bicyclic) bond motifs is 6. The van der Waals surface area contributed by atoms with Gasteiger partial charge in [-0.25, -0.2) is 0 Å². The van der Waals surface area contributed by atoms with Gasteiger partial charge in [0.25, 0.3) is 5.42 Å². The lowest BCUT2D eigenvalue weighted by molar-refractivity contribution is -0.0411. The maximum absolute atomic E-state index is 12.5. The SMILES string of the molecule is C=C(O)/C(O)=C(/O)C(O)C1(/C(CO)=c2\oo\c2=C(\C)O)c2ccccc2-c2ccc(N(c3ccccc3)c3ccc(-c4cccc5c4C(C)(C)c4ccccc4-5)cc3)cc21. The van der Waals surface area contributed by atoms with Gasteiger partial charge in [-0.3, -0.25) is 9.15 Å². The summed E-state index contributed by atoms with van der Waals surface area (Å²) in [5.74, 6) is -3.15. The van der Waals surface area contributed by atoms with E-state index in [4.69, 9.17) is 9.15 Å². The van der Waals surface area contributed by atoms with E-state index >= 15 is 0 Å². The molecule has 0 fully saturated rings. The van der Waals surface area contributed by atoms with Crippen LogP contribution < -0.4 is 15.7 Å². The van der Waals surface area contributed by atoms with Gasteiger partial charge in [-0.2, -0.15) is 0 Å². The molecule has 7 aromatic rings. The molecule has 0 aliphatic heterocycles. The van der Waals surface area contributed by atoms with Gasteiger partial charge in [0.2, 0.25) is 5.42 Å². The molecule has 0 spiro atoms. The smallest absolute Gasteiger partial charge is 0.262 e. The Morgan fingerprint density at radius 1 is 0.617 bits per heavy atom. The average molecular weight is 798 g/mol. The van der Waals surface area contributed by atoms with Crippen LogP contribution in [0.2, 0.25) is 0 Å². The lowest BCUT2D eigenvalue weighted by Crippen LogP contribution is -2.49. The molecule has 2 atom stereocenters. The van der Waals surface area contributed by atoms with E-state index in [-0.39, 0.29) is 27.6 Å². The first-order chi connectivity index (χ1) is 28.9. The molecule has 9 nitrogen and oxygen atoms in total. The Bertz CT molecular complexity index is 2990. The average Bonchev–Trinajstić information content (AvgIpc) is 3.67. The first-order valence-electron chi connectivity index (χ1n) is 19.6. The van der Waals surface area contributed by atoms with E-state index in [2.05, 4.69) is 92.1 Å². The zero-order valence-electron chi connectivity index (χ0n) is 33.2. The molecule has 2 aliphatic carbocycles. The first-order valence-corrected chi connectivity index (χ1v) is 19.6. The van der Waals surface area contributed by atoms with Crippen LogP contribution in [0.5, 0.6) is 0 Å². The van der Waals surface area contributed by atoms with E-state index < -0.39 is 35.4 Å². The van der Waals surface area contributed by atoms with Crippen molar-refractivity contribution in [1.29, 1.82) is 0 Å². The topological polar surface area (TPSA) is 151 Å². The predicted octanol–water partition coefficient (Wildman–Crippen LogP) is 9.87. The fourth-order valence-corrected chi connectivity index (χ4v) is 9.52. The predicted molar refractivity (Wildman–Crippen MR) is 233 cm³/mol. The Balaban J connectivity index is 1.26. The highest BCUT2D eigenvalue weighted by Gasteiger charge is 2.54. The first kappa shape index (κ1) is 38.3. The second-order valence-corrected chi connectivity index (χ2v) is 15.8. The maximum Gasteiger partial charge on any atom is 0.262 e. The van der Waals surface area contributed by atoms with Crippen molar-refractivity contribution >= 4 is 28.4 Å². The third kappa shape index (κ3) is 5.54. The highest BCUT2D eigenvalue weighted by atomic mass is 17.0. The number of aliphatic hydroxyl groups excluding tert-OH is 6. The molecule has 1 heterocycles. The van der Waals surface area contributed by atoms with Gasteiger partial charge < -0.3 is 35.5 Å². The molecule has 0 amide bonds. The monoisotopic (exact) mass is 797 g/mol. The maximum atomic E-state index is 12.5. The fourth-order valence-electron chi connectivity index (χ4n) is 9.52. The van der Waals surface area contributed by atoms with Crippen LogP contribution in [0.1, 0.15) is 43.0 Å². The van der Waals surface area contributed by atoms with Gasteiger partial charge in [0.1, 0.15) is 11.9 Å². The highest BCUT2D eigenvalue weighted by Crippen LogP contribution is 2.58. The molecule has 9 rings (SSSR count). The Morgan fingerprint density at radius 2 is 1.17 bits per heavy atom. The van der Waals surface area contributed by atoms with Gasteiger partial charge in [-0.15, -0.1) is 0 Å². The molecule has 0 radical (unpaired) electrons. The Labute approximate surface area is 346 Å². The van der Waals surface area contributed by atoms with Crippen LogP contribution in [0.3, 0.4) is 0 Å². The molecule has 300 valence electrons. The summed E-state index contributed by atoms with van der Waals surface area (Å²) in [5, 5.41) is 66.8. The van der Waals surface area contributed by atoms with Crippen LogP contribution in [-0.4, -0.2) is 43.4 Å². The minimum Gasteiger partial charge on any atom is -0.508 e. The Kier molecular flexibility index (Phi) is 9.11. The second kappa shape index (κ2) is 14.3. The molecule has 0 bridgehead atoms. The minimum atomic E-state index is -2.04. The van der Waals surface area contributed by atoms with Crippen molar-refractivity contribution in [1.82, 2.24) is 0 Å². The van der Waals surface area contributed by atoms with Crippen molar-refractivity contribution in [2.24, 2.45) is 0 Å². The molecule has 9 heteroatoms. The number of hydrogen-bond donors (Lipinski definition) is 6. The molecule has 6 N–H and O–H groups in total. The summed E-state index contributed by atoms with van der Waals surface area (Å²) >= 11 is 0. The normalized spacial score (nSPS) is 17.8. The number of benzene rings is 6. The lowest BCUT2D eigenvalue weighted by Gasteiger charge is -2.38. The van der Waals surface area contributed by atoms with Gasteiger partial charge in [0, 0.05) is 28.1 Å². The van der Waals surface area contributed by atoms with Crippen LogP contribution in [0, 0.1) is 0 Å².